The van der Waals surface area contributed by atoms with Gasteiger partial charge in [-0.25, -0.2) is 9.97 Å². The Balaban J connectivity index is 0.00000484. The fraction of sp³-hybridized carbons (Fsp3) is 0.212. The van der Waals surface area contributed by atoms with Crippen LogP contribution in [-0.2, 0) is 31.9 Å². The van der Waals surface area contributed by atoms with Crippen molar-refractivity contribution < 1.29 is 25.8 Å². The van der Waals surface area contributed by atoms with E-state index >= 15 is 0 Å². The van der Waals surface area contributed by atoms with Crippen molar-refractivity contribution in [1.29, 1.82) is 0 Å². The molecule has 0 aliphatic carbocycles. The summed E-state index contributed by atoms with van der Waals surface area (Å²) in [5.74, 6) is 3.21. The molecule has 5 aromatic carbocycles. The Bertz CT molecular complexity index is 2670. The number of anilines is 7. The van der Waals surface area contributed by atoms with Gasteiger partial charge in [0, 0.05) is 61.9 Å². The molecule has 9 rings (SSSR count). The molecule has 7 aromatic rings. The number of fused-ring (bicyclic) bond motifs is 6. The molecule has 0 amide bonds. The molecule has 0 atom stereocenters. The van der Waals surface area contributed by atoms with Gasteiger partial charge in [0.05, 0.1) is 5.69 Å². The summed E-state index contributed by atoms with van der Waals surface area (Å²) < 4.78 is 6.69. The predicted molar refractivity (Wildman–Crippen MR) is 238 cm³/mol. The van der Waals surface area contributed by atoms with Gasteiger partial charge in [0.15, 0.2) is 0 Å². The van der Waals surface area contributed by atoms with Crippen LogP contribution in [0.2, 0.25) is 0 Å². The molecule has 0 unspecified atom stereocenters. The zero-order valence-corrected chi connectivity index (χ0v) is 37.1. The second-order valence-electron chi connectivity index (χ2n) is 17.5. The first-order valence-electron chi connectivity index (χ1n) is 20.1. The molecule has 2 aliphatic rings. The van der Waals surface area contributed by atoms with Gasteiger partial charge in [-0.3, -0.25) is 0 Å². The van der Waals surface area contributed by atoms with E-state index in [9.17, 15) is 0 Å². The standard InChI is InChI=1S/C52H48N5O.Pt/c1-34(2)44-28-36(52(6,7)8)32-54-50(44)56-33-55(46-22-13-14-23-47(46)56)37-16-15-17-38(30-37)58-39-24-25-43-41-19-10-9-18-40(41)42-20-11-12-21-45(42)57(48(43)31-39)49-29-35(26-27-53-49)51(3,4)5;/h9-29,32-34H,1-8H3;/q-3;. The van der Waals surface area contributed by atoms with E-state index in [2.05, 4.69) is 192 Å². The predicted octanol–water partition coefficient (Wildman–Crippen LogP) is 14.1. The number of benzene rings is 5. The van der Waals surface area contributed by atoms with Crippen LogP contribution in [0.5, 0.6) is 11.5 Å². The summed E-state index contributed by atoms with van der Waals surface area (Å²) in [7, 11) is 0. The first-order chi connectivity index (χ1) is 27.8. The van der Waals surface area contributed by atoms with Crippen molar-refractivity contribution in [2.45, 2.75) is 72.1 Å². The molecule has 0 spiro atoms. The van der Waals surface area contributed by atoms with Crippen molar-refractivity contribution in [2.24, 2.45) is 0 Å². The number of nitrogens with zero attached hydrogens (tertiary/aromatic N) is 5. The molecule has 0 N–H and O–H groups in total. The molecule has 4 heterocycles. The van der Waals surface area contributed by atoms with E-state index in [1.807, 2.05) is 30.6 Å². The van der Waals surface area contributed by atoms with Gasteiger partial charge in [-0.15, -0.1) is 48.3 Å². The normalized spacial score (nSPS) is 13.3. The maximum atomic E-state index is 6.69. The van der Waals surface area contributed by atoms with E-state index in [0.29, 0.717) is 11.5 Å². The van der Waals surface area contributed by atoms with E-state index in [4.69, 9.17) is 14.7 Å². The van der Waals surface area contributed by atoms with Gasteiger partial charge in [-0.1, -0.05) is 121 Å². The minimum atomic E-state index is -0.0567. The molecule has 2 aromatic heterocycles. The molecular formula is C52H48N5OPt-3. The first-order valence-corrected chi connectivity index (χ1v) is 20.1. The van der Waals surface area contributed by atoms with Gasteiger partial charge < -0.3 is 19.4 Å². The Kier molecular flexibility index (Phi) is 10.5. The van der Waals surface area contributed by atoms with Gasteiger partial charge in [-0.2, -0.15) is 12.1 Å². The van der Waals surface area contributed by atoms with E-state index in [0.717, 1.165) is 62.3 Å². The third-order valence-electron chi connectivity index (χ3n) is 11.1. The van der Waals surface area contributed by atoms with Crippen LogP contribution < -0.4 is 19.4 Å². The van der Waals surface area contributed by atoms with Crippen molar-refractivity contribution in [3.05, 3.63) is 169 Å². The third kappa shape index (κ3) is 7.44. The SMILES string of the molecule is CC(C)c1cc(C(C)(C)C)cnc1N1[CH-]N(c2[c-]c(Oc3[c-]c4c(cc3)-c3ccccc3-c3ccccc3N4c3cc(C(C)(C)C)ccn3)ccc2)c2ccccc21.[Pt]. The molecular weight excluding hydrogens is 906 g/mol. The van der Waals surface area contributed by atoms with Crippen molar-refractivity contribution in [1.82, 2.24) is 9.97 Å². The summed E-state index contributed by atoms with van der Waals surface area (Å²) in [6.07, 6.45) is 3.93. The number of pyridine rings is 2. The molecule has 0 fully saturated rings. The number of hydrogen-bond donors (Lipinski definition) is 0. The van der Waals surface area contributed by atoms with Crippen LogP contribution in [0.1, 0.15) is 78.0 Å². The number of para-hydroxylation sites is 3. The average Bonchev–Trinajstić information content (AvgIpc) is 3.55. The molecule has 7 heteroatoms. The van der Waals surface area contributed by atoms with Crippen LogP contribution >= 0.6 is 0 Å². The van der Waals surface area contributed by atoms with E-state index in [-0.39, 0.29) is 37.8 Å². The molecule has 59 heavy (non-hydrogen) atoms. The summed E-state index contributed by atoms with van der Waals surface area (Å²) in [6, 6.07) is 49.6. The Morgan fingerprint density at radius 2 is 1.22 bits per heavy atom. The monoisotopic (exact) mass is 953 g/mol. The Labute approximate surface area is 363 Å². The summed E-state index contributed by atoms with van der Waals surface area (Å²) in [5, 5.41) is 0. The topological polar surface area (TPSA) is 44.7 Å². The smallest absolute Gasteiger partial charge is 0.135 e. The van der Waals surface area contributed by atoms with Crippen LogP contribution in [0.15, 0.2) is 134 Å². The summed E-state index contributed by atoms with van der Waals surface area (Å²) in [4.78, 5) is 16.6. The second-order valence-corrected chi connectivity index (χ2v) is 17.5. The molecule has 6 nitrogen and oxygen atoms in total. The largest absolute Gasteiger partial charge is 0.509 e. The van der Waals surface area contributed by atoms with E-state index in [1.165, 1.54) is 16.7 Å². The molecule has 300 valence electrons. The molecule has 0 saturated heterocycles. The molecule has 2 aliphatic heterocycles. The van der Waals surface area contributed by atoms with Crippen LogP contribution in [0.4, 0.5) is 40.1 Å². The van der Waals surface area contributed by atoms with Crippen molar-refractivity contribution in [3.8, 4) is 33.8 Å². The summed E-state index contributed by atoms with van der Waals surface area (Å²) >= 11 is 0. The van der Waals surface area contributed by atoms with Gasteiger partial charge in [0.25, 0.3) is 0 Å². The second kappa shape index (κ2) is 15.5. The zero-order valence-electron chi connectivity index (χ0n) is 34.8. The third-order valence-corrected chi connectivity index (χ3v) is 11.1. The number of rotatable bonds is 6. The number of aromatic nitrogens is 2. The minimum Gasteiger partial charge on any atom is -0.509 e. The van der Waals surface area contributed by atoms with Crippen LogP contribution in [-0.4, -0.2) is 9.97 Å². The molecule has 0 saturated carbocycles. The van der Waals surface area contributed by atoms with Crippen LogP contribution in [0.25, 0.3) is 22.3 Å². The van der Waals surface area contributed by atoms with Gasteiger partial charge >= 0.3 is 0 Å². The molecule has 0 radical (unpaired) electrons. The van der Waals surface area contributed by atoms with Gasteiger partial charge in [-0.05, 0) is 75.4 Å². The van der Waals surface area contributed by atoms with E-state index in [1.54, 1.807) is 0 Å². The summed E-state index contributed by atoms with van der Waals surface area (Å²) in [6.45, 7) is 20.0. The van der Waals surface area contributed by atoms with Crippen molar-refractivity contribution in [2.75, 3.05) is 14.7 Å². The maximum absolute atomic E-state index is 6.69. The summed E-state index contributed by atoms with van der Waals surface area (Å²) in [5.41, 5.74) is 12.9. The minimum absolute atomic E-state index is 0. The van der Waals surface area contributed by atoms with Crippen LogP contribution in [0.3, 0.4) is 0 Å². The fourth-order valence-corrected chi connectivity index (χ4v) is 7.87. The van der Waals surface area contributed by atoms with Crippen molar-refractivity contribution >= 4 is 40.1 Å². The number of hydrogen-bond acceptors (Lipinski definition) is 6. The number of ether oxygens (including phenoxy) is 1. The first kappa shape index (κ1) is 40.1. The van der Waals surface area contributed by atoms with Gasteiger partial charge in [0.1, 0.15) is 11.6 Å². The van der Waals surface area contributed by atoms with Crippen LogP contribution in [0, 0.1) is 18.8 Å². The Morgan fingerprint density at radius 1 is 0.593 bits per heavy atom. The quantitative estimate of drug-likeness (QED) is 0.155. The van der Waals surface area contributed by atoms with Crippen molar-refractivity contribution in [3.63, 3.8) is 0 Å². The maximum Gasteiger partial charge on any atom is 0.135 e. The zero-order chi connectivity index (χ0) is 40.3. The fourth-order valence-electron chi connectivity index (χ4n) is 7.87. The molecule has 0 bridgehead atoms. The average molecular weight is 954 g/mol. The Hall–Kier alpha value is -5.71. The Morgan fingerprint density at radius 3 is 1.92 bits per heavy atom. The van der Waals surface area contributed by atoms with Gasteiger partial charge in [0.2, 0.25) is 0 Å². The van der Waals surface area contributed by atoms with E-state index < -0.39 is 0 Å².